The van der Waals surface area contributed by atoms with Crippen molar-refractivity contribution in [2.75, 3.05) is 4.90 Å². The second-order valence-electron chi connectivity index (χ2n) is 9.28. The third kappa shape index (κ3) is 4.33. The first kappa shape index (κ1) is 23.9. The number of Topliss-reactive ketones (excluding diaryl/α,β-unsaturated/α-hetero) is 1. The van der Waals surface area contributed by atoms with E-state index in [2.05, 4.69) is 4.98 Å². The quantitative estimate of drug-likeness (QED) is 0.199. The summed E-state index contributed by atoms with van der Waals surface area (Å²) >= 11 is 1.26. The van der Waals surface area contributed by atoms with Gasteiger partial charge in [-0.15, -0.1) is 11.3 Å². The SMILES string of the molecule is C[C@H]1Cc2cc(/C(O)=C3\C(=O)C(=O)N(c4nccs4)[C@@H]3c3ccc(OCc4ccccc4)cc3)ccc2O1. The van der Waals surface area contributed by atoms with E-state index in [1.54, 1.807) is 35.8 Å². The highest BCUT2D eigenvalue weighted by Gasteiger charge is 2.48. The van der Waals surface area contributed by atoms with Crippen molar-refractivity contribution in [2.45, 2.75) is 32.1 Å². The van der Waals surface area contributed by atoms with Gasteiger partial charge in [-0.05, 0) is 53.9 Å². The third-order valence-electron chi connectivity index (χ3n) is 6.68. The number of benzene rings is 3. The second kappa shape index (κ2) is 9.79. The van der Waals surface area contributed by atoms with E-state index in [0.717, 1.165) is 16.9 Å². The Bertz CT molecular complexity index is 1530. The molecule has 1 amide bonds. The van der Waals surface area contributed by atoms with Crippen molar-refractivity contribution < 1.29 is 24.2 Å². The van der Waals surface area contributed by atoms with Crippen molar-refractivity contribution in [3.63, 3.8) is 0 Å². The molecule has 0 aliphatic carbocycles. The zero-order valence-electron chi connectivity index (χ0n) is 20.5. The standard InChI is InChI=1S/C30H24N2O5S/c1-18-15-22-16-21(9-12-24(22)37-18)27(33)25-26(32(29(35)28(25)34)30-31-13-14-38-30)20-7-10-23(11-8-20)36-17-19-5-3-2-4-6-19/h2-14,16,18,26,33H,15,17H2,1H3/b27-25+/t18-,26+/m0/s1. The lowest BCUT2D eigenvalue weighted by molar-refractivity contribution is -0.132. The summed E-state index contributed by atoms with van der Waals surface area (Å²) in [5, 5.41) is 13.5. The van der Waals surface area contributed by atoms with Crippen LogP contribution in [0.15, 0.2) is 89.9 Å². The number of aliphatic hydroxyl groups is 1. The minimum atomic E-state index is -0.840. The molecule has 0 bridgehead atoms. The van der Waals surface area contributed by atoms with Crippen molar-refractivity contribution in [3.05, 3.63) is 112 Å². The molecule has 0 saturated carbocycles. The van der Waals surface area contributed by atoms with Crippen molar-refractivity contribution in [2.24, 2.45) is 0 Å². The summed E-state index contributed by atoms with van der Waals surface area (Å²) in [6, 6.07) is 21.5. The fourth-order valence-electron chi connectivity index (χ4n) is 4.89. The molecule has 7 nitrogen and oxygen atoms in total. The van der Waals surface area contributed by atoms with Crippen LogP contribution in [0.5, 0.6) is 11.5 Å². The van der Waals surface area contributed by atoms with E-state index in [-0.39, 0.29) is 17.4 Å². The van der Waals surface area contributed by atoms with Crippen molar-refractivity contribution in [1.29, 1.82) is 0 Å². The van der Waals surface area contributed by atoms with Crippen molar-refractivity contribution in [3.8, 4) is 11.5 Å². The maximum absolute atomic E-state index is 13.3. The van der Waals surface area contributed by atoms with Crippen LogP contribution in [0, 0.1) is 0 Å². The molecule has 2 aliphatic heterocycles. The summed E-state index contributed by atoms with van der Waals surface area (Å²) in [4.78, 5) is 32.2. The van der Waals surface area contributed by atoms with E-state index in [4.69, 9.17) is 9.47 Å². The summed E-state index contributed by atoms with van der Waals surface area (Å²) in [5.74, 6) is -0.290. The van der Waals surface area contributed by atoms with Crippen LogP contribution in [0.1, 0.15) is 35.2 Å². The number of hydrogen-bond donors (Lipinski definition) is 1. The van der Waals surface area contributed by atoms with E-state index in [0.29, 0.717) is 35.0 Å². The molecule has 2 atom stereocenters. The highest BCUT2D eigenvalue weighted by molar-refractivity contribution is 7.14. The Labute approximate surface area is 223 Å². The molecular weight excluding hydrogens is 500 g/mol. The summed E-state index contributed by atoms with van der Waals surface area (Å²) in [7, 11) is 0. The molecule has 3 heterocycles. The molecule has 2 aliphatic rings. The van der Waals surface area contributed by atoms with Crippen LogP contribution in [-0.4, -0.2) is 27.9 Å². The Kier molecular flexibility index (Phi) is 6.17. The van der Waals surface area contributed by atoms with Gasteiger partial charge in [-0.2, -0.15) is 0 Å². The number of fused-ring (bicyclic) bond motifs is 1. The number of amides is 1. The molecular formula is C30H24N2O5S. The van der Waals surface area contributed by atoms with Gasteiger partial charge in [-0.3, -0.25) is 14.5 Å². The maximum Gasteiger partial charge on any atom is 0.301 e. The van der Waals surface area contributed by atoms with Gasteiger partial charge < -0.3 is 14.6 Å². The summed E-state index contributed by atoms with van der Waals surface area (Å²) in [5.41, 5.74) is 3.14. The Morgan fingerprint density at radius 3 is 2.63 bits per heavy atom. The zero-order chi connectivity index (χ0) is 26.2. The molecule has 190 valence electrons. The van der Waals surface area contributed by atoms with Crippen LogP contribution in [0.3, 0.4) is 0 Å². The first-order valence-electron chi connectivity index (χ1n) is 12.3. The molecule has 0 spiro atoms. The minimum absolute atomic E-state index is 0.0232. The number of ether oxygens (including phenoxy) is 2. The summed E-state index contributed by atoms with van der Waals surface area (Å²) in [6.45, 7) is 2.39. The lowest BCUT2D eigenvalue weighted by Crippen LogP contribution is -2.29. The fourth-order valence-corrected chi connectivity index (χ4v) is 5.56. The first-order valence-corrected chi connectivity index (χ1v) is 13.1. The minimum Gasteiger partial charge on any atom is -0.507 e. The number of carbonyl (C=O) groups excluding carboxylic acids is 2. The van der Waals surface area contributed by atoms with E-state index in [1.807, 2.05) is 55.5 Å². The smallest absolute Gasteiger partial charge is 0.301 e. The fraction of sp³-hybridized carbons (Fsp3) is 0.167. The lowest BCUT2D eigenvalue weighted by atomic mass is 9.94. The molecule has 8 heteroatoms. The number of aromatic nitrogens is 1. The number of anilines is 1. The highest BCUT2D eigenvalue weighted by Crippen LogP contribution is 2.43. The number of carbonyl (C=O) groups is 2. The number of rotatable bonds is 6. The summed E-state index contributed by atoms with van der Waals surface area (Å²) in [6.07, 6.45) is 2.33. The molecule has 38 heavy (non-hydrogen) atoms. The van der Waals surface area contributed by atoms with Gasteiger partial charge in [0.1, 0.15) is 30.0 Å². The van der Waals surface area contributed by atoms with E-state index in [9.17, 15) is 14.7 Å². The molecule has 1 aromatic heterocycles. The maximum atomic E-state index is 13.3. The van der Waals surface area contributed by atoms with Crippen LogP contribution < -0.4 is 14.4 Å². The topological polar surface area (TPSA) is 89.0 Å². The van der Waals surface area contributed by atoms with Gasteiger partial charge >= 0.3 is 5.91 Å². The predicted molar refractivity (Wildman–Crippen MR) is 144 cm³/mol. The van der Waals surface area contributed by atoms with Crippen LogP contribution in [0.4, 0.5) is 5.13 Å². The molecule has 3 aromatic carbocycles. The molecule has 1 N–H and O–H groups in total. The molecule has 6 rings (SSSR count). The van der Waals surface area contributed by atoms with E-state index in [1.165, 1.54) is 16.2 Å². The van der Waals surface area contributed by atoms with Crippen LogP contribution in [0.2, 0.25) is 0 Å². The van der Waals surface area contributed by atoms with Gasteiger partial charge in [-0.1, -0.05) is 42.5 Å². The normalized spacial score (nSPS) is 19.9. The van der Waals surface area contributed by atoms with Crippen molar-refractivity contribution >= 4 is 33.9 Å². The van der Waals surface area contributed by atoms with Gasteiger partial charge in [0.25, 0.3) is 5.78 Å². The Balaban J connectivity index is 1.38. The monoisotopic (exact) mass is 524 g/mol. The van der Waals surface area contributed by atoms with Gasteiger partial charge in [0, 0.05) is 23.6 Å². The van der Waals surface area contributed by atoms with Crippen LogP contribution in [0.25, 0.3) is 5.76 Å². The Morgan fingerprint density at radius 1 is 1.11 bits per heavy atom. The second-order valence-corrected chi connectivity index (χ2v) is 10.2. The number of aliphatic hydroxyl groups excluding tert-OH is 1. The van der Waals surface area contributed by atoms with Gasteiger partial charge in [0.2, 0.25) is 0 Å². The lowest BCUT2D eigenvalue weighted by Gasteiger charge is -2.23. The van der Waals surface area contributed by atoms with E-state index < -0.39 is 17.7 Å². The average Bonchev–Trinajstić information content (AvgIpc) is 3.65. The zero-order valence-corrected chi connectivity index (χ0v) is 21.4. The third-order valence-corrected chi connectivity index (χ3v) is 7.45. The van der Waals surface area contributed by atoms with Crippen LogP contribution >= 0.6 is 11.3 Å². The predicted octanol–water partition coefficient (Wildman–Crippen LogP) is 5.67. The van der Waals surface area contributed by atoms with E-state index >= 15 is 0 Å². The number of ketones is 1. The molecule has 0 radical (unpaired) electrons. The number of hydrogen-bond acceptors (Lipinski definition) is 7. The van der Waals surface area contributed by atoms with Gasteiger partial charge in [-0.25, -0.2) is 4.98 Å². The first-order chi connectivity index (χ1) is 18.5. The summed E-state index contributed by atoms with van der Waals surface area (Å²) < 4.78 is 11.7. The van der Waals surface area contributed by atoms with Crippen LogP contribution in [-0.2, 0) is 22.6 Å². The van der Waals surface area contributed by atoms with Crippen molar-refractivity contribution in [1.82, 2.24) is 4.98 Å². The molecule has 1 fully saturated rings. The Hall–Kier alpha value is -4.43. The largest absolute Gasteiger partial charge is 0.507 e. The number of thiazole rings is 1. The van der Waals surface area contributed by atoms with Gasteiger partial charge in [0.15, 0.2) is 5.13 Å². The van der Waals surface area contributed by atoms with Gasteiger partial charge in [0.05, 0.1) is 11.6 Å². The average molecular weight is 525 g/mol. The molecule has 4 aromatic rings. The highest BCUT2D eigenvalue weighted by atomic mass is 32.1. The molecule has 1 saturated heterocycles. The number of nitrogens with zero attached hydrogens (tertiary/aromatic N) is 2. The molecule has 0 unspecified atom stereocenters. The Morgan fingerprint density at radius 2 is 1.89 bits per heavy atom.